The minimum Gasteiger partial charge on any atom is -0.384 e. The van der Waals surface area contributed by atoms with Gasteiger partial charge in [0.1, 0.15) is 5.82 Å². The number of nitrogen functional groups attached to an aromatic ring is 1. The van der Waals surface area contributed by atoms with Gasteiger partial charge in [-0.15, -0.1) is 0 Å². The van der Waals surface area contributed by atoms with Crippen molar-refractivity contribution in [2.24, 2.45) is 0 Å². The van der Waals surface area contributed by atoms with Crippen molar-refractivity contribution in [1.29, 1.82) is 0 Å². The fraction of sp³-hybridized carbons (Fsp3) is 0.500. The Labute approximate surface area is 83.0 Å². The topological polar surface area (TPSA) is 57.4 Å². The van der Waals surface area contributed by atoms with Crippen molar-refractivity contribution in [3.63, 3.8) is 0 Å². The first-order chi connectivity index (χ1) is 6.84. The monoisotopic (exact) mass is 194 g/mol. The molecule has 1 aliphatic heterocycles. The van der Waals surface area contributed by atoms with Gasteiger partial charge in [-0.05, 0) is 18.1 Å². The molecule has 4 nitrogen and oxygen atoms in total. The van der Waals surface area contributed by atoms with E-state index in [2.05, 4.69) is 4.98 Å². The maximum absolute atomic E-state index is 5.62. The van der Waals surface area contributed by atoms with E-state index in [4.69, 9.17) is 15.2 Å². The smallest absolute Gasteiger partial charge is 0.123 e. The Hall–Kier alpha value is -1.13. The number of ether oxygens (including phenoxy) is 2. The average molecular weight is 194 g/mol. The summed E-state index contributed by atoms with van der Waals surface area (Å²) in [5.74, 6) is 0.540. The van der Waals surface area contributed by atoms with Gasteiger partial charge in [-0.1, -0.05) is 6.07 Å². The van der Waals surface area contributed by atoms with E-state index in [-0.39, 0.29) is 6.10 Å². The van der Waals surface area contributed by atoms with Crippen LogP contribution in [0.15, 0.2) is 18.3 Å². The van der Waals surface area contributed by atoms with Gasteiger partial charge in [0.2, 0.25) is 0 Å². The molecule has 2 N–H and O–H groups in total. The Bertz CT molecular complexity index is 281. The second-order valence-electron chi connectivity index (χ2n) is 3.39. The molecule has 0 saturated carbocycles. The van der Waals surface area contributed by atoms with Crippen LogP contribution in [-0.2, 0) is 16.1 Å². The summed E-state index contributed by atoms with van der Waals surface area (Å²) in [6.07, 6.45) is 2.97. The summed E-state index contributed by atoms with van der Waals surface area (Å²) in [6.45, 7) is 2.11. The molecule has 0 bridgehead atoms. The van der Waals surface area contributed by atoms with E-state index >= 15 is 0 Å². The molecule has 1 saturated heterocycles. The van der Waals surface area contributed by atoms with Crippen LogP contribution in [-0.4, -0.2) is 24.3 Å². The van der Waals surface area contributed by atoms with Gasteiger partial charge in [0.05, 0.1) is 19.3 Å². The maximum atomic E-state index is 5.62. The molecule has 0 aliphatic carbocycles. The summed E-state index contributed by atoms with van der Waals surface area (Å²) in [6, 6.07) is 3.71. The number of anilines is 1. The summed E-state index contributed by atoms with van der Waals surface area (Å²) in [7, 11) is 0. The molecule has 1 unspecified atom stereocenters. The lowest BCUT2D eigenvalue weighted by atomic mass is 10.3. The minimum absolute atomic E-state index is 0.243. The molecule has 76 valence electrons. The highest BCUT2D eigenvalue weighted by Crippen LogP contribution is 2.11. The first-order valence-electron chi connectivity index (χ1n) is 4.74. The van der Waals surface area contributed by atoms with Crippen LogP contribution in [0.2, 0.25) is 0 Å². The van der Waals surface area contributed by atoms with Gasteiger partial charge in [-0.3, -0.25) is 0 Å². The molecule has 1 atom stereocenters. The summed E-state index contributed by atoms with van der Waals surface area (Å²) in [5.41, 5.74) is 6.52. The van der Waals surface area contributed by atoms with Crippen molar-refractivity contribution in [2.75, 3.05) is 18.9 Å². The summed E-state index contributed by atoms with van der Waals surface area (Å²) in [4.78, 5) is 3.99. The first-order valence-corrected chi connectivity index (χ1v) is 4.74. The molecule has 1 aromatic rings. The molecule has 0 radical (unpaired) electrons. The lowest BCUT2D eigenvalue weighted by Crippen LogP contribution is -2.11. The van der Waals surface area contributed by atoms with Crippen molar-refractivity contribution in [3.05, 3.63) is 23.9 Å². The maximum Gasteiger partial charge on any atom is 0.123 e. The number of nitrogens with two attached hydrogens (primary N) is 1. The molecular formula is C10H14N2O2. The zero-order valence-corrected chi connectivity index (χ0v) is 7.98. The number of hydrogen-bond acceptors (Lipinski definition) is 4. The van der Waals surface area contributed by atoms with Crippen LogP contribution >= 0.6 is 0 Å². The Morgan fingerprint density at radius 3 is 3.14 bits per heavy atom. The fourth-order valence-electron chi connectivity index (χ4n) is 1.38. The van der Waals surface area contributed by atoms with Gasteiger partial charge in [-0.25, -0.2) is 4.98 Å². The third kappa shape index (κ3) is 2.43. The van der Waals surface area contributed by atoms with Gasteiger partial charge < -0.3 is 15.2 Å². The molecule has 2 heterocycles. The second-order valence-corrected chi connectivity index (χ2v) is 3.39. The highest BCUT2D eigenvalue weighted by atomic mass is 16.5. The summed E-state index contributed by atoms with van der Waals surface area (Å²) >= 11 is 0. The van der Waals surface area contributed by atoms with Gasteiger partial charge in [0, 0.05) is 12.8 Å². The van der Waals surface area contributed by atoms with Crippen LogP contribution in [0.25, 0.3) is 0 Å². The van der Waals surface area contributed by atoms with E-state index in [9.17, 15) is 0 Å². The van der Waals surface area contributed by atoms with Crippen molar-refractivity contribution >= 4 is 5.82 Å². The number of nitrogens with zero attached hydrogens (tertiary/aromatic N) is 1. The molecule has 14 heavy (non-hydrogen) atoms. The number of aromatic nitrogens is 1. The number of rotatable bonds is 3. The van der Waals surface area contributed by atoms with Gasteiger partial charge in [0.25, 0.3) is 0 Å². The van der Waals surface area contributed by atoms with Crippen LogP contribution < -0.4 is 5.73 Å². The van der Waals surface area contributed by atoms with Crippen molar-refractivity contribution < 1.29 is 9.47 Å². The Morgan fingerprint density at radius 1 is 1.57 bits per heavy atom. The molecule has 0 aromatic carbocycles. The Balaban J connectivity index is 1.82. The van der Waals surface area contributed by atoms with Crippen molar-refractivity contribution in [1.82, 2.24) is 4.98 Å². The molecule has 1 fully saturated rings. The van der Waals surface area contributed by atoms with Gasteiger partial charge >= 0.3 is 0 Å². The van der Waals surface area contributed by atoms with E-state index < -0.39 is 0 Å². The predicted octanol–water partition coefficient (Wildman–Crippen LogP) is 0.969. The quantitative estimate of drug-likeness (QED) is 0.779. The Morgan fingerprint density at radius 2 is 2.50 bits per heavy atom. The normalized spacial score (nSPS) is 21.3. The zero-order chi connectivity index (χ0) is 9.80. The van der Waals surface area contributed by atoms with E-state index in [0.29, 0.717) is 19.0 Å². The van der Waals surface area contributed by atoms with Crippen LogP contribution in [0.4, 0.5) is 5.82 Å². The highest BCUT2D eigenvalue weighted by molar-refractivity contribution is 5.28. The van der Waals surface area contributed by atoms with E-state index in [1.807, 2.05) is 6.07 Å². The predicted molar refractivity (Wildman–Crippen MR) is 52.7 cm³/mol. The van der Waals surface area contributed by atoms with E-state index in [1.165, 1.54) is 0 Å². The van der Waals surface area contributed by atoms with Crippen LogP contribution in [0, 0.1) is 0 Å². The molecule has 1 aliphatic rings. The molecule has 0 spiro atoms. The van der Waals surface area contributed by atoms with Crippen molar-refractivity contribution in [3.8, 4) is 0 Å². The molecule has 1 aromatic heterocycles. The number of pyridine rings is 1. The lowest BCUT2D eigenvalue weighted by Gasteiger charge is -2.09. The fourth-order valence-corrected chi connectivity index (χ4v) is 1.38. The third-order valence-electron chi connectivity index (χ3n) is 2.22. The SMILES string of the molecule is Nc1ccc(COC2CCOC2)cn1. The first kappa shape index (κ1) is 9.43. The molecule has 4 heteroatoms. The van der Waals surface area contributed by atoms with Crippen LogP contribution in [0.3, 0.4) is 0 Å². The van der Waals surface area contributed by atoms with Gasteiger partial charge in [-0.2, -0.15) is 0 Å². The largest absolute Gasteiger partial charge is 0.384 e. The molecule has 0 amide bonds. The standard InChI is InChI=1S/C10H14N2O2/c11-10-2-1-8(5-12-10)6-14-9-3-4-13-7-9/h1-2,5,9H,3-4,6-7H2,(H2,11,12). The van der Waals surface area contributed by atoms with E-state index in [1.54, 1.807) is 12.3 Å². The lowest BCUT2D eigenvalue weighted by molar-refractivity contribution is 0.0316. The molecular weight excluding hydrogens is 180 g/mol. The van der Waals surface area contributed by atoms with E-state index in [0.717, 1.165) is 18.6 Å². The number of hydrogen-bond donors (Lipinski definition) is 1. The van der Waals surface area contributed by atoms with Crippen LogP contribution in [0.5, 0.6) is 0 Å². The van der Waals surface area contributed by atoms with Gasteiger partial charge in [0.15, 0.2) is 0 Å². The van der Waals surface area contributed by atoms with Crippen molar-refractivity contribution in [2.45, 2.75) is 19.1 Å². The van der Waals surface area contributed by atoms with Crippen LogP contribution in [0.1, 0.15) is 12.0 Å². The Kier molecular flexibility index (Phi) is 2.96. The third-order valence-corrected chi connectivity index (χ3v) is 2.22. The zero-order valence-electron chi connectivity index (χ0n) is 7.98. The highest BCUT2D eigenvalue weighted by Gasteiger charge is 2.15. The second kappa shape index (κ2) is 4.39. The summed E-state index contributed by atoms with van der Waals surface area (Å²) in [5, 5.41) is 0. The minimum atomic E-state index is 0.243. The molecule has 2 rings (SSSR count). The summed E-state index contributed by atoms with van der Waals surface area (Å²) < 4.78 is 10.8. The average Bonchev–Trinajstić information content (AvgIpc) is 2.70.